The fourth-order valence-corrected chi connectivity index (χ4v) is 2.77. The molecule has 2 heterocycles. The van der Waals surface area contributed by atoms with E-state index < -0.39 is 0 Å². The molecule has 0 atom stereocenters. The summed E-state index contributed by atoms with van der Waals surface area (Å²) in [6, 6.07) is 12.5. The van der Waals surface area contributed by atoms with Crippen molar-refractivity contribution >= 4 is 17.5 Å². The van der Waals surface area contributed by atoms with E-state index in [0.717, 1.165) is 37.9 Å². The van der Waals surface area contributed by atoms with Crippen molar-refractivity contribution in [1.82, 2.24) is 9.88 Å². The van der Waals surface area contributed by atoms with E-state index >= 15 is 0 Å². The molecular formula is C19H21N3O2. The molecule has 1 aliphatic heterocycles. The fourth-order valence-electron chi connectivity index (χ4n) is 2.77. The van der Waals surface area contributed by atoms with Gasteiger partial charge >= 0.3 is 0 Å². The van der Waals surface area contributed by atoms with Gasteiger partial charge in [0.15, 0.2) is 0 Å². The number of pyridine rings is 1. The van der Waals surface area contributed by atoms with Crippen LogP contribution in [0.5, 0.6) is 0 Å². The Labute approximate surface area is 141 Å². The van der Waals surface area contributed by atoms with E-state index in [0.29, 0.717) is 11.4 Å². The molecule has 0 saturated carbocycles. The second-order valence-corrected chi connectivity index (χ2v) is 6.08. The summed E-state index contributed by atoms with van der Waals surface area (Å²) in [4.78, 5) is 30.9. The number of anilines is 1. The molecule has 0 unspecified atom stereocenters. The molecule has 1 saturated heterocycles. The number of benzene rings is 1. The highest BCUT2D eigenvalue weighted by atomic mass is 16.2. The average Bonchev–Trinajstić information content (AvgIpc) is 2.64. The van der Waals surface area contributed by atoms with Gasteiger partial charge in [0.05, 0.1) is 0 Å². The highest BCUT2D eigenvalue weighted by Gasteiger charge is 2.20. The van der Waals surface area contributed by atoms with Crippen molar-refractivity contribution < 1.29 is 9.59 Å². The molecule has 1 aromatic heterocycles. The van der Waals surface area contributed by atoms with Gasteiger partial charge in [-0.15, -0.1) is 0 Å². The summed E-state index contributed by atoms with van der Waals surface area (Å²) in [7, 11) is 0. The smallest absolute Gasteiger partial charge is 0.274 e. The summed E-state index contributed by atoms with van der Waals surface area (Å²) in [6.45, 7) is 3.52. The van der Waals surface area contributed by atoms with E-state index in [1.54, 1.807) is 18.2 Å². The van der Waals surface area contributed by atoms with E-state index in [4.69, 9.17) is 0 Å². The largest absolute Gasteiger partial charge is 0.337 e. The number of carbonyl (C=O) groups excluding carboxylic acids is 2. The van der Waals surface area contributed by atoms with E-state index in [-0.39, 0.29) is 17.5 Å². The Morgan fingerprint density at radius 3 is 2.33 bits per heavy atom. The van der Waals surface area contributed by atoms with Gasteiger partial charge in [0.1, 0.15) is 11.4 Å². The van der Waals surface area contributed by atoms with E-state index in [2.05, 4.69) is 10.3 Å². The summed E-state index contributed by atoms with van der Waals surface area (Å²) in [5.74, 6) is -0.410. The van der Waals surface area contributed by atoms with Gasteiger partial charge in [0, 0.05) is 18.8 Å². The van der Waals surface area contributed by atoms with Gasteiger partial charge in [0.25, 0.3) is 11.8 Å². The molecule has 1 N–H and O–H groups in total. The number of hydrogen-bond donors (Lipinski definition) is 1. The standard InChI is InChI=1S/C19H21N3O2/c1-14-8-10-15(11-9-14)20-18(23)16-6-5-7-17(21-16)19(24)22-12-3-2-4-13-22/h5-11H,2-4,12-13H2,1H3,(H,20,23). The first-order valence-electron chi connectivity index (χ1n) is 8.28. The SMILES string of the molecule is Cc1ccc(NC(=O)c2cccc(C(=O)N3CCCCC3)n2)cc1. The summed E-state index contributed by atoms with van der Waals surface area (Å²) in [5.41, 5.74) is 2.41. The van der Waals surface area contributed by atoms with Crippen molar-refractivity contribution in [2.24, 2.45) is 0 Å². The number of rotatable bonds is 3. The molecular weight excluding hydrogens is 302 g/mol. The highest BCUT2D eigenvalue weighted by Crippen LogP contribution is 2.14. The van der Waals surface area contributed by atoms with Gasteiger partial charge in [-0.25, -0.2) is 4.98 Å². The van der Waals surface area contributed by atoms with Gasteiger partial charge in [-0.3, -0.25) is 9.59 Å². The molecule has 24 heavy (non-hydrogen) atoms. The molecule has 0 aliphatic carbocycles. The van der Waals surface area contributed by atoms with Crippen LogP contribution in [0.1, 0.15) is 45.8 Å². The second-order valence-electron chi connectivity index (χ2n) is 6.08. The number of aromatic nitrogens is 1. The van der Waals surface area contributed by atoms with Crippen LogP contribution in [0, 0.1) is 6.92 Å². The highest BCUT2D eigenvalue weighted by molar-refractivity contribution is 6.03. The third-order valence-corrected chi connectivity index (χ3v) is 4.15. The Morgan fingerprint density at radius 2 is 1.62 bits per heavy atom. The van der Waals surface area contributed by atoms with Crippen LogP contribution >= 0.6 is 0 Å². The number of nitrogens with one attached hydrogen (secondary N) is 1. The van der Waals surface area contributed by atoms with Gasteiger partial charge in [-0.2, -0.15) is 0 Å². The first kappa shape index (κ1) is 16.2. The Kier molecular flexibility index (Phi) is 4.89. The van der Waals surface area contributed by atoms with E-state index in [1.165, 1.54) is 0 Å². The van der Waals surface area contributed by atoms with Crippen LogP contribution in [0.25, 0.3) is 0 Å². The van der Waals surface area contributed by atoms with Gasteiger partial charge in [0.2, 0.25) is 0 Å². The Balaban J connectivity index is 1.73. The zero-order valence-electron chi connectivity index (χ0n) is 13.8. The molecule has 0 radical (unpaired) electrons. The molecule has 5 nitrogen and oxygen atoms in total. The van der Waals surface area contributed by atoms with Crippen LogP contribution in [0.3, 0.4) is 0 Å². The summed E-state index contributed by atoms with van der Waals surface area (Å²) in [6.07, 6.45) is 3.22. The minimum absolute atomic E-state index is 0.0975. The molecule has 0 bridgehead atoms. The normalized spacial score (nSPS) is 14.3. The number of aryl methyl sites for hydroxylation is 1. The number of nitrogens with zero attached hydrogens (tertiary/aromatic N) is 2. The average molecular weight is 323 g/mol. The second kappa shape index (κ2) is 7.25. The van der Waals surface area contributed by atoms with Gasteiger partial charge in [-0.1, -0.05) is 23.8 Å². The molecule has 2 amide bonds. The summed E-state index contributed by atoms with van der Waals surface area (Å²) >= 11 is 0. The minimum Gasteiger partial charge on any atom is -0.337 e. The van der Waals surface area contributed by atoms with Crippen LogP contribution in [0.2, 0.25) is 0 Å². The predicted molar refractivity (Wildman–Crippen MR) is 93.1 cm³/mol. The van der Waals surface area contributed by atoms with Crippen LogP contribution in [0.15, 0.2) is 42.5 Å². The lowest BCUT2D eigenvalue weighted by Crippen LogP contribution is -2.36. The lowest BCUT2D eigenvalue weighted by molar-refractivity contribution is 0.0718. The van der Waals surface area contributed by atoms with Crippen LogP contribution < -0.4 is 5.32 Å². The molecule has 0 spiro atoms. The zero-order chi connectivity index (χ0) is 16.9. The maximum atomic E-state index is 12.5. The third-order valence-electron chi connectivity index (χ3n) is 4.15. The quantitative estimate of drug-likeness (QED) is 0.943. The van der Waals surface area contributed by atoms with Crippen LogP contribution in [0.4, 0.5) is 5.69 Å². The van der Waals surface area contributed by atoms with Crippen LogP contribution in [-0.4, -0.2) is 34.8 Å². The molecule has 5 heteroatoms. The van der Waals surface area contributed by atoms with E-state index in [9.17, 15) is 9.59 Å². The van der Waals surface area contributed by atoms with Crippen LogP contribution in [-0.2, 0) is 0 Å². The number of carbonyl (C=O) groups is 2. The van der Waals surface area contributed by atoms with Crippen molar-refractivity contribution in [1.29, 1.82) is 0 Å². The fraction of sp³-hybridized carbons (Fsp3) is 0.316. The first-order valence-corrected chi connectivity index (χ1v) is 8.28. The number of piperidine rings is 1. The zero-order valence-corrected chi connectivity index (χ0v) is 13.8. The molecule has 1 aliphatic rings. The molecule has 3 rings (SSSR count). The lowest BCUT2D eigenvalue weighted by Gasteiger charge is -2.26. The summed E-state index contributed by atoms with van der Waals surface area (Å²) < 4.78 is 0. The topological polar surface area (TPSA) is 62.3 Å². The van der Waals surface area contributed by atoms with Gasteiger partial charge in [-0.05, 0) is 50.5 Å². The molecule has 2 aromatic rings. The Morgan fingerprint density at radius 1 is 0.958 bits per heavy atom. The number of hydrogen-bond acceptors (Lipinski definition) is 3. The molecule has 1 fully saturated rings. The van der Waals surface area contributed by atoms with Crippen molar-refractivity contribution in [2.45, 2.75) is 26.2 Å². The summed E-state index contributed by atoms with van der Waals surface area (Å²) in [5, 5.41) is 2.80. The maximum Gasteiger partial charge on any atom is 0.274 e. The predicted octanol–water partition coefficient (Wildman–Crippen LogP) is 3.27. The van der Waals surface area contributed by atoms with Gasteiger partial charge < -0.3 is 10.2 Å². The van der Waals surface area contributed by atoms with Crippen molar-refractivity contribution in [2.75, 3.05) is 18.4 Å². The first-order chi connectivity index (χ1) is 11.6. The Bertz CT molecular complexity index is 735. The number of amides is 2. The molecule has 124 valence electrons. The Hall–Kier alpha value is -2.69. The third kappa shape index (κ3) is 3.79. The maximum absolute atomic E-state index is 12.5. The van der Waals surface area contributed by atoms with Crippen molar-refractivity contribution in [3.05, 3.63) is 59.4 Å². The molecule has 1 aromatic carbocycles. The van der Waals surface area contributed by atoms with Crippen molar-refractivity contribution in [3.63, 3.8) is 0 Å². The van der Waals surface area contributed by atoms with Crippen molar-refractivity contribution in [3.8, 4) is 0 Å². The lowest BCUT2D eigenvalue weighted by atomic mass is 10.1. The minimum atomic E-state index is -0.313. The number of likely N-dealkylation sites (tertiary alicyclic amines) is 1. The van der Waals surface area contributed by atoms with E-state index in [1.807, 2.05) is 36.1 Å². The monoisotopic (exact) mass is 323 g/mol.